The van der Waals surface area contributed by atoms with E-state index >= 15 is 0 Å². The van der Waals surface area contributed by atoms with Gasteiger partial charge in [0.1, 0.15) is 0 Å². The van der Waals surface area contributed by atoms with Crippen molar-refractivity contribution in [3.63, 3.8) is 0 Å². The zero-order valence-electron chi connectivity index (χ0n) is 11.3. The molecule has 1 rings (SSSR count). The van der Waals surface area contributed by atoms with Gasteiger partial charge >= 0.3 is 0 Å². The molecule has 0 saturated carbocycles. The van der Waals surface area contributed by atoms with Crippen molar-refractivity contribution >= 4 is 11.9 Å². The van der Waals surface area contributed by atoms with Crippen LogP contribution in [0.2, 0.25) is 0 Å². The summed E-state index contributed by atoms with van der Waals surface area (Å²) >= 11 is 0. The second-order valence-corrected chi connectivity index (χ2v) is 4.35. The van der Waals surface area contributed by atoms with Crippen molar-refractivity contribution in [1.29, 1.82) is 0 Å². The van der Waals surface area contributed by atoms with E-state index in [0.717, 1.165) is 19.5 Å². The van der Waals surface area contributed by atoms with Gasteiger partial charge < -0.3 is 22.1 Å². The molecule has 6 heteroatoms. The lowest BCUT2D eigenvalue weighted by atomic mass is 10.2. The van der Waals surface area contributed by atoms with Crippen LogP contribution >= 0.6 is 0 Å². The number of hydrogen-bond acceptors (Lipinski definition) is 2. The van der Waals surface area contributed by atoms with Crippen LogP contribution in [0.25, 0.3) is 0 Å². The van der Waals surface area contributed by atoms with E-state index < -0.39 is 0 Å². The van der Waals surface area contributed by atoms with Gasteiger partial charge in [-0.1, -0.05) is 30.3 Å². The van der Waals surface area contributed by atoms with E-state index in [1.165, 1.54) is 5.56 Å². The van der Waals surface area contributed by atoms with E-state index in [1.807, 2.05) is 18.2 Å². The van der Waals surface area contributed by atoms with E-state index in [2.05, 4.69) is 34.1 Å². The summed E-state index contributed by atoms with van der Waals surface area (Å²) in [6.07, 6.45) is 0.907. The number of benzene rings is 1. The second-order valence-electron chi connectivity index (χ2n) is 4.35. The highest BCUT2D eigenvalue weighted by molar-refractivity contribution is 5.92. The Morgan fingerprint density at radius 1 is 1.16 bits per heavy atom. The van der Waals surface area contributed by atoms with Crippen LogP contribution in [0, 0.1) is 0 Å². The Balaban J connectivity index is 2.24. The van der Waals surface area contributed by atoms with Gasteiger partial charge in [0.25, 0.3) is 0 Å². The van der Waals surface area contributed by atoms with Crippen LogP contribution in [-0.2, 0) is 6.54 Å². The number of aliphatic imine (C=N–C) groups is 2. The Labute approximate surface area is 114 Å². The molecule has 0 heterocycles. The number of hydrogen-bond donors (Lipinski definition) is 3. The second kappa shape index (κ2) is 8.10. The first-order chi connectivity index (χ1) is 9.08. The van der Waals surface area contributed by atoms with E-state index in [4.69, 9.17) is 17.2 Å². The highest BCUT2D eigenvalue weighted by atomic mass is 15.1. The average Bonchev–Trinajstić information content (AvgIpc) is 2.35. The zero-order chi connectivity index (χ0) is 14.1. The largest absolute Gasteiger partial charge is 0.370 e. The normalized spacial score (nSPS) is 11.6. The summed E-state index contributed by atoms with van der Waals surface area (Å²) < 4.78 is 0. The molecule has 6 N–H and O–H groups in total. The fourth-order valence-electron chi connectivity index (χ4n) is 1.68. The fraction of sp³-hybridized carbons (Fsp3) is 0.385. The number of nitrogens with zero attached hydrogens (tertiary/aromatic N) is 3. The number of rotatable bonds is 6. The molecule has 0 atom stereocenters. The smallest absolute Gasteiger partial charge is 0.218 e. The first-order valence-corrected chi connectivity index (χ1v) is 6.20. The third-order valence-corrected chi connectivity index (χ3v) is 2.51. The molecule has 1 aromatic carbocycles. The van der Waals surface area contributed by atoms with Gasteiger partial charge in [-0.25, -0.2) is 0 Å². The summed E-state index contributed by atoms with van der Waals surface area (Å²) in [5, 5.41) is 0. The summed E-state index contributed by atoms with van der Waals surface area (Å²) in [4.78, 5) is 9.95. The van der Waals surface area contributed by atoms with Crippen LogP contribution in [-0.4, -0.2) is 37.0 Å². The van der Waals surface area contributed by atoms with Crippen molar-refractivity contribution in [1.82, 2.24) is 4.90 Å². The number of guanidine groups is 2. The van der Waals surface area contributed by atoms with Crippen LogP contribution in [0.5, 0.6) is 0 Å². The minimum absolute atomic E-state index is 0.0672. The Bertz CT molecular complexity index is 422. The molecule has 0 bridgehead atoms. The maximum atomic E-state index is 5.50. The zero-order valence-corrected chi connectivity index (χ0v) is 11.3. The third kappa shape index (κ3) is 7.05. The molecule has 0 unspecified atom stereocenters. The van der Waals surface area contributed by atoms with E-state index in [1.54, 1.807) is 0 Å². The Morgan fingerprint density at radius 2 is 1.84 bits per heavy atom. The van der Waals surface area contributed by atoms with E-state index in [-0.39, 0.29) is 11.9 Å². The lowest BCUT2D eigenvalue weighted by Crippen LogP contribution is -2.26. The van der Waals surface area contributed by atoms with Gasteiger partial charge in [-0.05, 0) is 25.6 Å². The molecule has 0 aliphatic heterocycles. The molecule has 19 heavy (non-hydrogen) atoms. The van der Waals surface area contributed by atoms with Crippen molar-refractivity contribution in [3.8, 4) is 0 Å². The van der Waals surface area contributed by atoms with Crippen molar-refractivity contribution in [2.45, 2.75) is 13.0 Å². The summed E-state index contributed by atoms with van der Waals surface area (Å²) in [5.74, 6) is 0.0631. The van der Waals surface area contributed by atoms with Crippen LogP contribution in [0.15, 0.2) is 40.3 Å². The molecular weight excluding hydrogens is 240 g/mol. The summed E-state index contributed by atoms with van der Waals surface area (Å²) in [6.45, 7) is 2.48. The molecule has 0 aromatic heterocycles. The van der Waals surface area contributed by atoms with Gasteiger partial charge in [0.15, 0.2) is 5.96 Å². The predicted octanol–water partition coefficient (Wildman–Crippen LogP) is 0.0966. The molecule has 0 saturated heterocycles. The van der Waals surface area contributed by atoms with Gasteiger partial charge in [-0.15, -0.1) is 0 Å². The lowest BCUT2D eigenvalue weighted by molar-refractivity contribution is 0.324. The standard InChI is InChI=1S/C13H22N6/c1-19(10-11-6-3-2-4-7-11)9-5-8-17-13(16)18-12(14)15/h2-4,6-7H,5,8-10H2,1H3,(H6,14,15,16,17,18). The molecule has 0 amide bonds. The highest BCUT2D eigenvalue weighted by Crippen LogP contribution is 2.02. The summed E-state index contributed by atoms with van der Waals surface area (Å²) in [5.41, 5.74) is 17.2. The monoisotopic (exact) mass is 262 g/mol. The maximum absolute atomic E-state index is 5.50. The Morgan fingerprint density at radius 3 is 2.47 bits per heavy atom. The van der Waals surface area contributed by atoms with Gasteiger partial charge in [0.2, 0.25) is 5.96 Å². The van der Waals surface area contributed by atoms with E-state index in [9.17, 15) is 0 Å². The lowest BCUT2D eigenvalue weighted by Gasteiger charge is -2.15. The fourth-order valence-corrected chi connectivity index (χ4v) is 1.68. The molecular formula is C13H22N6. The van der Waals surface area contributed by atoms with Crippen molar-refractivity contribution in [3.05, 3.63) is 35.9 Å². The number of nitrogens with two attached hydrogens (primary N) is 3. The van der Waals surface area contributed by atoms with Crippen molar-refractivity contribution in [2.24, 2.45) is 27.2 Å². The topological polar surface area (TPSA) is 106 Å². The van der Waals surface area contributed by atoms with Gasteiger partial charge in [0, 0.05) is 13.1 Å². The molecule has 0 aliphatic rings. The SMILES string of the molecule is CN(CCCN=C(N)N=C(N)N)Cc1ccccc1. The molecule has 1 aromatic rings. The van der Waals surface area contributed by atoms with Gasteiger partial charge in [-0.2, -0.15) is 4.99 Å². The molecule has 0 fully saturated rings. The van der Waals surface area contributed by atoms with Gasteiger partial charge in [0.05, 0.1) is 0 Å². The quantitative estimate of drug-likeness (QED) is 0.384. The molecule has 0 spiro atoms. The first-order valence-electron chi connectivity index (χ1n) is 6.20. The molecule has 6 nitrogen and oxygen atoms in total. The minimum Gasteiger partial charge on any atom is -0.370 e. The van der Waals surface area contributed by atoms with Gasteiger partial charge in [-0.3, -0.25) is 4.99 Å². The predicted molar refractivity (Wildman–Crippen MR) is 79.7 cm³/mol. The first kappa shape index (κ1) is 15.0. The minimum atomic E-state index is -0.0672. The van der Waals surface area contributed by atoms with Crippen LogP contribution in [0.1, 0.15) is 12.0 Å². The summed E-state index contributed by atoms with van der Waals surface area (Å²) in [6, 6.07) is 10.3. The van der Waals surface area contributed by atoms with Crippen LogP contribution in [0.4, 0.5) is 0 Å². The molecule has 0 aliphatic carbocycles. The molecule has 104 valence electrons. The van der Waals surface area contributed by atoms with Crippen molar-refractivity contribution < 1.29 is 0 Å². The molecule has 0 radical (unpaired) electrons. The van der Waals surface area contributed by atoms with Crippen LogP contribution in [0.3, 0.4) is 0 Å². The highest BCUT2D eigenvalue weighted by Gasteiger charge is 1.99. The maximum Gasteiger partial charge on any atom is 0.218 e. The van der Waals surface area contributed by atoms with Crippen molar-refractivity contribution in [2.75, 3.05) is 20.1 Å². The third-order valence-electron chi connectivity index (χ3n) is 2.51. The Hall–Kier alpha value is -2.08. The average molecular weight is 262 g/mol. The van der Waals surface area contributed by atoms with Crippen LogP contribution < -0.4 is 17.2 Å². The Kier molecular flexibility index (Phi) is 6.38. The summed E-state index contributed by atoms with van der Waals surface area (Å²) in [7, 11) is 2.08. The van der Waals surface area contributed by atoms with E-state index in [0.29, 0.717) is 6.54 Å².